The van der Waals surface area contributed by atoms with Crippen molar-refractivity contribution in [1.82, 2.24) is 5.32 Å². The summed E-state index contributed by atoms with van der Waals surface area (Å²) in [7, 11) is 0. The zero-order valence-electron chi connectivity index (χ0n) is 6.72. The molecule has 1 aliphatic rings. The van der Waals surface area contributed by atoms with Gasteiger partial charge in [0.15, 0.2) is 0 Å². The topological polar surface area (TPSA) is 79.2 Å². The van der Waals surface area contributed by atoms with Crippen molar-refractivity contribution in [3.63, 3.8) is 0 Å². The van der Waals surface area contributed by atoms with Gasteiger partial charge in [-0.15, -0.1) is 0 Å². The summed E-state index contributed by atoms with van der Waals surface area (Å²) in [4.78, 5) is 21.8. The van der Waals surface area contributed by atoms with Gasteiger partial charge in [-0.1, -0.05) is 0 Å². The fourth-order valence-electron chi connectivity index (χ4n) is 0.994. The molecule has 0 spiro atoms. The van der Waals surface area contributed by atoms with Gasteiger partial charge >= 0.3 is 5.97 Å². The maximum absolute atomic E-state index is 11.0. The Morgan fingerprint density at radius 1 is 1.83 bits per heavy atom. The van der Waals surface area contributed by atoms with Gasteiger partial charge < -0.3 is 10.1 Å². The molecule has 1 heterocycles. The Hall–Kier alpha value is -1.39. The number of nitrogens with one attached hydrogen (secondary N) is 2. The van der Waals surface area contributed by atoms with Crippen molar-refractivity contribution in [2.45, 2.75) is 6.92 Å². The van der Waals surface area contributed by atoms with Crippen LogP contribution >= 0.6 is 0 Å². The third kappa shape index (κ3) is 1.44. The number of esters is 1. The van der Waals surface area contributed by atoms with E-state index in [1.165, 1.54) is 0 Å². The summed E-state index contributed by atoms with van der Waals surface area (Å²) in [6.45, 7) is 2.15. The van der Waals surface area contributed by atoms with Crippen LogP contribution in [0.1, 0.15) is 6.92 Å². The summed E-state index contributed by atoms with van der Waals surface area (Å²) in [5.74, 6) is -1.69. The first-order valence-corrected chi connectivity index (χ1v) is 3.70. The second-order valence-corrected chi connectivity index (χ2v) is 2.43. The molecule has 2 N–H and O–H groups in total. The summed E-state index contributed by atoms with van der Waals surface area (Å²) in [6, 6.07) is 0. The SMILES string of the molecule is CCOC(=O)C1CNC(=O)C1=N. The van der Waals surface area contributed by atoms with Gasteiger partial charge in [-0.25, -0.2) is 0 Å². The van der Waals surface area contributed by atoms with Crippen LogP contribution in [0.4, 0.5) is 0 Å². The molecule has 0 aliphatic carbocycles. The van der Waals surface area contributed by atoms with Crippen molar-refractivity contribution in [3.05, 3.63) is 0 Å². The standard InChI is InChI=1S/C7H10N2O3/c1-2-12-7(11)4-3-9-6(10)5(4)8/h4,8H,2-3H2,1H3,(H,9,10). The molecule has 1 rings (SSSR count). The quantitative estimate of drug-likeness (QED) is 0.538. The monoisotopic (exact) mass is 170 g/mol. The van der Waals surface area contributed by atoms with Crippen molar-refractivity contribution < 1.29 is 14.3 Å². The van der Waals surface area contributed by atoms with Crippen LogP contribution in [0.25, 0.3) is 0 Å². The fraction of sp³-hybridized carbons (Fsp3) is 0.571. The molecule has 0 radical (unpaired) electrons. The van der Waals surface area contributed by atoms with Crippen molar-refractivity contribution in [2.24, 2.45) is 5.92 Å². The van der Waals surface area contributed by atoms with E-state index in [2.05, 4.69) is 10.1 Å². The molecule has 1 saturated heterocycles. The molecule has 1 fully saturated rings. The number of amides is 1. The molecule has 1 atom stereocenters. The van der Waals surface area contributed by atoms with Gasteiger partial charge in [0.2, 0.25) is 0 Å². The number of carbonyl (C=O) groups excluding carboxylic acids is 2. The molecular weight excluding hydrogens is 160 g/mol. The van der Waals surface area contributed by atoms with E-state index in [-0.39, 0.29) is 18.9 Å². The van der Waals surface area contributed by atoms with E-state index >= 15 is 0 Å². The van der Waals surface area contributed by atoms with Crippen LogP contribution in [-0.4, -0.2) is 30.7 Å². The molecule has 0 bridgehead atoms. The third-order valence-corrected chi connectivity index (χ3v) is 1.63. The summed E-state index contributed by atoms with van der Waals surface area (Å²) >= 11 is 0. The van der Waals surface area contributed by atoms with E-state index in [0.29, 0.717) is 0 Å². The minimum atomic E-state index is -0.711. The van der Waals surface area contributed by atoms with Crippen LogP contribution in [0.3, 0.4) is 0 Å². The zero-order valence-corrected chi connectivity index (χ0v) is 6.72. The lowest BCUT2D eigenvalue weighted by atomic mass is 10.1. The fourth-order valence-corrected chi connectivity index (χ4v) is 0.994. The molecule has 12 heavy (non-hydrogen) atoms. The van der Waals surface area contributed by atoms with E-state index in [0.717, 1.165) is 0 Å². The highest BCUT2D eigenvalue weighted by Crippen LogP contribution is 2.07. The highest BCUT2D eigenvalue weighted by molar-refractivity contribution is 6.43. The Bertz CT molecular complexity index is 237. The molecule has 1 amide bonds. The van der Waals surface area contributed by atoms with Crippen molar-refractivity contribution >= 4 is 17.6 Å². The molecule has 1 aliphatic heterocycles. The average Bonchev–Trinajstić information content (AvgIpc) is 2.34. The van der Waals surface area contributed by atoms with E-state index in [4.69, 9.17) is 5.41 Å². The number of hydrogen-bond donors (Lipinski definition) is 2. The Labute approximate surface area is 69.6 Å². The second-order valence-electron chi connectivity index (χ2n) is 2.43. The van der Waals surface area contributed by atoms with Crippen LogP contribution in [0, 0.1) is 11.3 Å². The smallest absolute Gasteiger partial charge is 0.317 e. The lowest BCUT2D eigenvalue weighted by molar-refractivity contribution is -0.145. The predicted octanol–water partition coefficient (Wildman–Crippen LogP) is -0.685. The zero-order chi connectivity index (χ0) is 9.14. The largest absolute Gasteiger partial charge is 0.465 e. The van der Waals surface area contributed by atoms with Gasteiger partial charge in [-0.05, 0) is 6.92 Å². The summed E-state index contributed by atoms with van der Waals surface area (Å²) in [5, 5.41) is 9.60. The van der Waals surface area contributed by atoms with Gasteiger partial charge in [0.05, 0.1) is 6.61 Å². The Kier molecular flexibility index (Phi) is 2.42. The molecule has 0 aromatic rings. The van der Waals surface area contributed by atoms with Crippen LogP contribution < -0.4 is 5.32 Å². The Morgan fingerprint density at radius 2 is 2.50 bits per heavy atom. The minimum absolute atomic E-state index is 0.191. The average molecular weight is 170 g/mol. The van der Waals surface area contributed by atoms with Gasteiger partial charge in [0.1, 0.15) is 11.6 Å². The molecule has 66 valence electrons. The summed E-state index contributed by atoms with van der Waals surface area (Å²) in [5.41, 5.74) is -0.201. The van der Waals surface area contributed by atoms with E-state index < -0.39 is 17.8 Å². The van der Waals surface area contributed by atoms with Crippen LogP contribution in [0.15, 0.2) is 0 Å². The second kappa shape index (κ2) is 3.34. The van der Waals surface area contributed by atoms with E-state index in [9.17, 15) is 9.59 Å². The number of carbonyl (C=O) groups is 2. The highest BCUT2D eigenvalue weighted by atomic mass is 16.5. The van der Waals surface area contributed by atoms with Crippen LogP contribution in [-0.2, 0) is 14.3 Å². The maximum atomic E-state index is 11.0. The number of hydrogen-bond acceptors (Lipinski definition) is 4. The molecule has 5 heteroatoms. The van der Waals surface area contributed by atoms with Gasteiger partial charge in [-0.2, -0.15) is 0 Å². The van der Waals surface area contributed by atoms with Crippen molar-refractivity contribution in [1.29, 1.82) is 5.41 Å². The Morgan fingerprint density at radius 3 is 2.92 bits per heavy atom. The maximum Gasteiger partial charge on any atom is 0.317 e. The van der Waals surface area contributed by atoms with Gasteiger partial charge in [0.25, 0.3) is 5.91 Å². The van der Waals surface area contributed by atoms with Crippen molar-refractivity contribution in [2.75, 3.05) is 13.2 Å². The first kappa shape index (κ1) is 8.70. The molecule has 1 unspecified atom stereocenters. The molecule has 5 nitrogen and oxygen atoms in total. The van der Waals surface area contributed by atoms with Gasteiger partial charge in [-0.3, -0.25) is 15.0 Å². The normalized spacial score (nSPS) is 22.2. The molecule has 0 aromatic heterocycles. The molecule has 0 saturated carbocycles. The third-order valence-electron chi connectivity index (χ3n) is 1.63. The lowest BCUT2D eigenvalue weighted by Gasteiger charge is -2.05. The first-order valence-electron chi connectivity index (χ1n) is 3.70. The number of ether oxygens (including phenoxy) is 1. The molecule has 0 aromatic carbocycles. The van der Waals surface area contributed by atoms with E-state index in [1.54, 1.807) is 6.92 Å². The van der Waals surface area contributed by atoms with Gasteiger partial charge in [0, 0.05) is 6.54 Å². The van der Waals surface area contributed by atoms with Crippen LogP contribution in [0.5, 0.6) is 0 Å². The minimum Gasteiger partial charge on any atom is -0.465 e. The number of rotatable bonds is 2. The first-order chi connectivity index (χ1) is 5.66. The lowest BCUT2D eigenvalue weighted by Crippen LogP contribution is -2.25. The van der Waals surface area contributed by atoms with E-state index in [1.807, 2.05) is 0 Å². The highest BCUT2D eigenvalue weighted by Gasteiger charge is 2.35. The predicted molar refractivity (Wildman–Crippen MR) is 40.9 cm³/mol. The summed E-state index contributed by atoms with van der Waals surface area (Å²) in [6.07, 6.45) is 0. The van der Waals surface area contributed by atoms with Crippen LogP contribution in [0.2, 0.25) is 0 Å². The van der Waals surface area contributed by atoms with Crippen molar-refractivity contribution in [3.8, 4) is 0 Å². The molecular formula is C7H10N2O3. The Balaban J connectivity index is 2.59. The summed E-state index contributed by atoms with van der Waals surface area (Å²) < 4.78 is 4.67.